The van der Waals surface area contributed by atoms with E-state index in [0.29, 0.717) is 57.4 Å². The Morgan fingerprint density at radius 1 is 0.976 bits per heavy atom. The Kier molecular flexibility index (Phi) is 7.72. The van der Waals surface area contributed by atoms with Crippen molar-refractivity contribution in [3.05, 3.63) is 89.0 Å². The number of aliphatic hydroxyl groups excluding tert-OH is 1. The van der Waals surface area contributed by atoms with Gasteiger partial charge in [0.05, 0.1) is 25.8 Å². The van der Waals surface area contributed by atoms with Crippen molar-refractivity contribution in [1.29, 1.82) is 0 Å². The van der Waals surface area contributed by atoms with Crippen molar-refractivity contribution >= 4 is 45.7 Å². The highest BCUT2D eigenvalue weighted by atomic mass is 32.2. The maximum absolute atomic E-state index is 13.6. The van der Waals surface area contributed by atoms with E-state index in [1.165, 1.54) is 42.2 Å². The number of ether oxygens (including phenoxy) is 4. The monoisotopic (exact) mass is 603 g/mol. The summed E-state index contributed by atoms with van der Waals surface area (Å²) in [4.78, 5) is 28.5. The second-order valence-electron chi connectivity index (χ2n) is 9.27. The van der Waals surface area contributed by atoms with Gasteiger partial charge < -0.3 is 24.1 Å². The van der Waals surface area contributed by atoms with Crippen LogP contribution in [-0.4, -0.2) is 54.4 Å². The van der Waals surface area contributed by atoms with Crippen molar-refractivity contribution in [3.8, 4) is 23.0 Å². The smallest absolute Gasteiger partial charge is 0.301 e. The summed E-state index contributed by atoms with van der Waals surface area (Å²) in [5, 5.41) is 20.3. The van der Waals surface area contributed by atoms with Gasteiger partial charge in [-0.2, -0.15) is 0 Å². The van der Waals surface area contributed by atoms with Crippen molar-refractivity contribution in [1.82, 2.24) is 10.2 Å². The number of hydrogen-bond donors (Lipinski definition) is 1. The predicted octanol–water partition coefficient (Wildman–Crippen LogP) is 5.25. The number of ketones is 1. The lowest BCUT2D eigenvalue weighted by atomic mass is 9.95. The normalized spacial score (nSPS) is 17.4. The van der Waals surface area contributed by atoms with Crippen LogP contribution < -0.4 is 23.8 Å². The van der Waals surface area contributed by atoms with Gasteiger partial charge >= 0.3 is 5.91 Å². The lowest BCUT2D eigenvalue weighted by molar-refractivity contribution is -0.132. The molecule has 0 aliphatic carbocycles. The number of aliphatic hydroxyl groups is 1. The highest BCUT2D eigenvalue weighted by Crippen LogP contribution is 2.46. The van der Waals surface area contributed by atoms with Crippen molar-refractivity contribution in [2.45, 2.75) is 16.1 Å². The average Bonchev–Trinajstić information content (AvgIpc) is 3.61. The summed E-state index contributed by atoms with van der Waals surface area (Å²) in [7, 11) is 3.01. The summed E-state index contributed by atoms with van der Waals surface area (Å²) in [6.07, 6.45) is 0. The van der Waals surface area contributed by atoms with Crippen LogP contribution in [0.15, 0.2) is 76.6 Å². The quantitative estimate of drug-likeness (QED) is 0.0941. The van der Waals surface area contributed by atoms with Crippen LogP contribution >= 0.6 is 23.1 Å². The van der Waals surface area contributed by atoms with Gasteiger partial charge in [-0.3, -0.25) is 14.5 Å². The highest BCUT2D eigenvalue weighted by molar-refractivity contribution is 8.00. The number of Topliss-reactive ketones (excluding diaryl/α,β-unsaturated/α-hetero) is 1. The van der Waals surface area contributed by atoms with Gasteiger partial charge in [-0.25, -0.2) is 0 Å². The van der Waals surface area contributed by atoms with E-state index in [9.17, 15) is 14.7 Å². The summed E-state index contributed by atoms with van der Waals surface area (Å²) in [6.45, 7) is 0.769. The Balaban J connectivity index is 1.43. The van der Waals surface area contributed by atoms with Crippen molar-refractivity contribution < 1.29 is 33.6 Å². The molecular formula is C30H25N3O7S2. The second kappa shape index (κ2) is 11.7. The standard InChI is InChI=1S/C30H25N3O7S2/c1-37-20-10-8-18(14-22(20)38-2)25-24(26(34)19-9-11-21-23(15-19)40-13-12-39-21)27(35)28(36)33(25)29-31-32-30(42-29)41-16-17-6-4-3-5-7-17/h3-11,14-15,25,34H,12-13,16H2,1-2H3/b26-24+. The summed E-state index contributed by atoms with van der Waals surface area (Å²) in [6, 6.07) is 18.8. The van der Waals surface area contributed by atoms with Crippen LogP contribution in [0.3, 0.4) is 0 Å². The van der Waals surface area contributed by atoms with E-state index in [0.717, 1.165) is 5.56 Å². The minimum Gasteiger partial charge on any atom is -0.507 e. The minimum atomic E-state index is -1.02. The molecule has 1 aromatic heterocycles. The van der Waals surface area contributed by atoms with E-state index in [4.69, 9.17) is 18.9 Å². The van der Waals surface area contributed by atoms with Gasteiger partial charge in [-0.05, 0) is 41.5 Å². The van der Waals surface area contributed by atoms with Gasteiger partial charge in [0.25, 0.3) is 5.78 Å². The Hall–Kier alpha value is -4.55. The van der Waals surface area contributed by atoms with Gasteiger partial charge in [-0.15, -0.1) is 10.2 Å². The van der Waals surface area contributed by atoms with Gasteiger partial charge in [-0.1, -0.05) is 59.5 Å². The number of amides is 1. The molecule has 12 heteroatoms. The zero-order chi connectivity index (χ0) is 29.2. The summed E-state index contributed by atoms with van der Waals surface area (Å²) < 4.78 is 22.8. The molecular weight excluding hydrogens is 578 g/mol. The number of nitrogens with zero attached hydrogens (tertiary/aromatic N) is 3. The van der Waals surface area contributed by atoms with Crippen LogP contribution in [0.1, 0.15) is 22.7 Å². The molecule has 214 valence electrons. The Labute approximate surface area is 249 Å². The third kappa shape index (κ3) is 5.14. The van der Waals surface area contributed by atoms with E-state index in [1.807, 2.05) is 30.3 Å². The van der Waals surface area contributed by atoms with Gasteiger partial charge in [0.2, 0.25) is 5.13 Å². The molecule has 1 fully saturated rings. The topological polar surface area (TPSA) is 120 Å². The molecule has 1 amide bonds. The molecule has 2 aliphatic rings. The average molecular weight is 604 g/mol. The van der Waals surface area contributed by atoms with Crippen LogP contribution in [0.4, 0.5) is 5.13 Å². The number of anilines is 1. The first kappa shape index (κ1) is 27.6. The molecule has 1 N–H and O–H groups in total. The van der Waals surface area contributed by atoms with Crippen LogP contribution in [0, 0.1) is 0 Å². The maximum atomic E-state index is 13.6. The predicted molar refractivity (Wildman–Crippen MR) is 158 cm³/mol. The summed E-state index contributed by atoms with van der Waals surface area (Å²) >= 11 is 2.67. The molecule has 0 spiro atoms. The Morgan fingerprint density at radius 2 is 1.74 bits per heavy atom. The molecule has 4 aromatic rings. The van der Waals surface area contributed by atoms with E-state index < -0.39 is 17.7 Å². The number of fused-ring (bicyclic) bond motifs is 1. The Bertz CT molecular complexity index is 1690. The van der Waals surface area contributed by atoms with Crippen molar-refractivity contribution in [2.24, 2.45) is 0 Å². The molecule has 10 nitrogen and oxygen atoms in total. The number of thioether (sulfide) groups is 1. The van der Waals surface area contributed by atoms with E-state index in [1.54, 1.807) is 36.4 Å². The molecule has 0 bridgehead atoms. The first-order valence-corrected chi connectivity index (χ1v) is 14.7. The molecule has 2 aliphatic heterocycles. The molecule has 1 atom stereocenters. The fourth-order valence-electron chi connectivity index (χ4n) is 4.79. The van der Waals surface area contributed by atoms with Crippen LogP contribution in [0.2, 0.25) is 0 Å². The highest BCUT2D eigenvalue weighted by Gasteiger charge is 2.48. The molecule has 0 saturated carbocycles. The lowest BCUT2D eigenvalue weighted by Gasteiger charge is -2.23. The SMILES string of the molecule is COc1ccc(C2/C(=C(\O)c3ccc4c(c3)OCCO4)C(=O)C(=O)N2c2nnc(SCc3ccccc3)s2)cc1OC. The van der Waals surface area contributed by atoms with Crippen LogP contribution in [-0.2, 0) is 15.3 Å². The number of carbonyl (C=O) groups excluding carboxylic acids is 2. The second-order valence-corrected chi connectivity index (χ2v) is 11.4. The molecule has 1 saturated heterocycles. The van der Waals surface area contributed by atoms with Gasteiger partial charge in [0, 0.05) is 11.3 Å². The summed E-state index contributed by atoms with van der Waals surface area (Å²) in [5.74, 6) is 0.473. The first-order chi connectivity index (χ1) is 20.5. The third-order valence-corrected chi connectivity index (χ3v) is 8.92. The van der Waals surface area contributed by atoms with E-state index in [-0.39, 0.29) is 16.5 Å². The van der Waals surface area contributed by atoms with Crippen LogP contribution in [0.25, 0.3) is 5.76 Å². The Morgan fingerprint density at radius 3 is 2.50 bits per heavy atom. The molecule has 6 rings (SSSR count). The lowest BCUT2D eigenvalue weighted by Crippen LogP contribution is -2.29. The fraction of sp³-hybridized carbons (Fsp3) is 0.200. The van der Waals surface area contributed by atoms with E-state index >= 15 is 0 Å². The molecule has 3 heterocycles. The molecule has 42 heavy (non-hydrogen) atoms. The first-order valence-electron chi connectivity index (χ1n) is 12.9. The van der Waals surface area contributed by atoms with Crippen molar-refractivity contribution in [3.63, 3.8) is 0 Å². The number of hydrogen-bond acceptors (Lipinski definition) is 11. The number of methoxy groups -OCH3 is 2. The summed E-state index contributed by atoms with van der Waals surface area (Å²) in [5.41, 5.74) is 1.83. The maximum Gasteiger partial charge on any atom is 0.301 e. The van der Waals surface area contributed by atoms with Crippen molar-refractivity contribution in [2.75, 3.05) is 32.3 Å². The fourth-order valence-corrected chi connectivity index (χ4v) is 6.62. The molecule has 3 aromatic carbocycles. The zero-order valence-electron chi connectivity index (χ0n) is 22.6. The number of aromatic nitrogens is 2. The third-order valence-electron chi connectivity index (χ3n) is 6.79. The zero-order valence-corrected chi connectivity index (χ0v) is 24.2. The number of carbonyl (C=O) groups is 2. The number of benzene rings is 3. The molecule has 1 unspecified atom stereocenters. The van der Waals surface area contributed by atoms with E-state index in [2.05, 4.69) is 10.2 Å². The molecule has 0 radical (unpaired) electrons. The minimum absolute atomic E-state index is 0.0995. The van der Waals surface area contributed by atoms with Crippen LogP contribution in [0.5, 0.6) is 23.0 Å². The van der Waals surface area contributed by atoms with Gasteiger partial charge in [0.15, 0.2) is 27.3 Å². The largest absolute Gasteiger partial charge is 0.507 e. The van der Waals surface area contributed by atoms with Gasteiger partial charge in [0.1, 0.15) is 19.0 Å². The number of rotatable bonds is 8.